The number of nitrogens with zero attached hydrogens (tertiary/aromatic N) is 5. The van der Waals surface area contributed by atoms with Crippen molar-refractivity contribution in [2.75, 3.05) is 49.1 Å². The third-order valence-electron chi connectivity index (χ3n) is 7.09. The lowest BCUT2D eigenvalue weighted by atomic mass is 9.92. The predicted octanol–water partition coefficient (Wildman–Crippen LogP) is 7.49. The summed E-state index contributed by atoms with van der Waals surface area (Å²) in [5.41, 5.74) is 9.24. The van der Waals surface area contributed by atoms with Crippen molar-refractivity contribution in [2.24, 2.45) is 0 Å². The van der Waals surface area contributed by atoms with Gasteiger partial charge in [-0.05, 0) is 89.5 Å². The minimum atomic E-state index is -0.476. The first-order valence-electron chi connectivity index (χ1n) is 15.1. The predicted molar refractivity (Wildman–Crippen MR) is 178 cm³/mol. The van der Waals surface area contributed by atoms with E-state index in [9.17, 15) is 4.79 Å². The first-order valence-corrected chi connectivity index (χ1v) is 15.7. The minimum absolute atomic E-state index is 0.237. The average Bonchev–Trinajstić information content (AvgIpc) is 2.94. The van der Waals surface area contributed by atoms with Gasteiger partial charge in [-0.15, -0.1) is 8.86 Å². The van der Waals surface area contributed by atoms with E-state index in [1.54, 1.807) is 4.90 Å². The number of carbonyl (C=O) groups excluding carboxylic acids is 1. The highest BCUT2D eigenvalue weighted by Crippen LogP contribution is 2.34. The van der Waals surface area contributed by atoms with E-state index in [2.05, 4.69) is 63.5 Å². The molecule has 226 valence electrons. The molecule has 0 unspecified atom stereocenters. The summed E-state index contributed by atoms with van der Waals surface area (Å²) in [5.74, 6) is 2.95. The number of hydrogen-bond donors (Lipinski definition) is 0. The van der Waals surface area contributed by atoms with Crippen LogP contribution < -0.4 is 9.80 Å². The van der Waals surface area contributed by atoms with Crippen LogP contribution in [-0.2, 0) is 4.74 Å². The van der Waals surface area contributed by atoms with E-state index in [0.29, 0.717) is 13.1 Å². The van der Waals surface area contributed by atoms with Crippen LogP contribution in [0, 0.1) is 20.8 Å². The fourth-order valence-corrected chi connectivity index (χ4v) is 5.58. The van der Waals surface area contributed by atoms with E-state index >= 15 is 0 Å². The molecule has 0 saturated carbocycles. The summed E-state index contributed by atoms with van der Waals surface area (Å²) in [5, 5.41) is 0. The quantitative estimate of drug-likeness (QED) is 0.349. The molecule has 0 spiro atoms. The van der Waals surface area contributed by atoms with E-state index in [4.69, 9.17) is 9.72 Å². The van der Waals surface area contributed by atoms with Gasteiger partial charge in [-0.25, -0.2) is 9.78 Å². The van der Waals surface area contributed by atoms with E-state index in [1.807, 2.05) is 60.5 Å². The molecule has 2 aliphatic heterocycles. The van der Waals surface area contributed by atoms with Crippen molar-refractivity contribution in [2.45, 2.75) is 88.2 Å². The number of piperazine rings is 1. The lowest BCUT2D eigenvalue weighted by Gasteiger charge is -2.36. The maximum absolute atomic E-state index is 12.4. The fraction of sp³-hybridized carbons (Fsp3) is 0.576. The number of pyridine rings is 2. The third-order valence-corrected chi connectivity index (χ3v) is 7.38. The molecule has 0 radical (unpaired) electrons. The van der Waals surface area contributed by atoms with Gasteiger partial charge in [-0.3, -0.25) is 4.98 Å². The summed E-state index contributed by atoms with van der Waals surface area (Å²) in [6, 6.07) is 4.37. The van der Waals surface area contributed by atoms with Crippen LogP contribution in [0.15, 0.2) is 23.9 Å². The van der Waals surface area contributed by atoms with Crippen molar-refractivity contribution >= 4 is 37.8 Å². The molecule has 0 aliphatic carbocycles. The number of aromatic nitrogens is 2. The molecule has 2 aliphatic rings. The number of ether oxygens (including phenoxy) is 1. The SMILES string of the molecule is CC.CC.CC1=C(c2cnc(N3CCN(C(=O)OC(C)(C)C)CC3)cc2C)CCN(c2cc(C)nc(C)c2C=P)C1. The van der Waals surface area contributed by atoms with Crippen molar-refractivity contribution in [1.82, 2.24) is 14.9 Å². The van der Waals surface area contributed by atoms with Crippen LogP contribution in [0.25, 0.3) is 5.57 Å². The molecule has 4 rings (SSSR count). The molecule has 0 aromatic carbocycles. The van der Waals surface area contributed by atoms with Gasteiger partial charge in [-0.1, -0.05) is 33.3 Å². The zero-order valence-corrected chi connectivity index (χ0v) is 28.3. The van der Waals surface area contributed by atoms with E-state index in [-0.39, 0.29) is 6.09 Å². The molecule has 2 aromatic heterocycles. The summed E-state index contributed by atoms with van der Waals surface area (Å²) in [6.07, 6.45) is 2.78. The van der Waals surface area contributed by atoms with Gasteiger partial charge in [-0.2, -0.15) is 0 Å². The van der Waals surface area contributed by atoms with Crippen molar-refractivity contribution in [3.63, 3.8) is 0 Å². The number of hydrogen-bond acceptors (Lipinski definition) is 6. The standard InChI is InChI=1S/C29H40N5O2P.2C2H6/c1-19-14-27(32-10-12-33(13-11-32)28(35)36-29(5,6)7)30-16-24(19)23-8-9-34(17-20(23)2)26-15-21(3)31-22(4)25(26)18-37;2*1-2/h14-16,18,37H,8-13,17H2,1-7H3;2*1-2H3. The van der Waals surface area contributed by atoms with Gasteiger partial charge in [0.05, 0.1) is 0 Å². The molecule has 1 amide bonds. The topological polar surface area (TPSA) is 61.8 Å². The Bertz CT molecular complexity index is 1230. The Hall–Kier alpha value is -2.92. The second-order valence-corrected chi connectivity index (χ2v) is 11.5. The van der Waals surface area contributed by atoms with E-state index in [0.717, 1.165) is 55.4 Å². The van der Waals surface area contributed by atoms with Crippen LogP contribution in [0.4, 0.5) is 16.3 Å². The normalized spacial score (nSPS) is 15.4. The average molecular weight is 582 g/mol. The maximum Gasteiger partial charge on any atom is 0.410 e. The van der Waals surface area contributed by atoms with Gasteiger partial charge >= 0.3 is 6.09 Å². The zero-order valence-electron chi connectivity index (χ0n) is 27.3. The van der Waals surface area contributed by atoms with Gasteiger partial charge in [0.25, 0.3) is 0 Å². The molecular weight excluding hydrogens is 529 g/mol. The minimum Gasteiger partial charge on any atom is -0.444 e. The summed E-state index contributed by atoms with van der Waals surface area (Å²) in [4.78, 5) is 28.4. The van der Waals surface area contributed by atoms with Crippen molar-refractivity contribution in [3.8, 4) is 0 Å². The highest BCUT2D eigenvalue weighted by molar-refractivity contribution is 7.19. The Kier molecular flexibility index (Phi) is 12.8. The first-order chi connectivity index (χ1) is 19.5. The highest BCUT2D eigenvalue weighted by atomic mass is 31.0. The number of anilines is 2. The molecule has 2 aromatic rings. The van der Waals surface area contributed by atoms with Crippen LogP contribution >= 0.6 is 8.86 Å². The van der Waals surface area contributed by atoms with Crippen molar-refractivity contribution in [1.29, 1.82) is 0 Å². The Morgan fingerprint density at radius 3 is 2.12 bits per heavy atom. The Morgan fingerprint density at radius 2 is 1.59 bits per heavy atom. The van der Waals surface area contributed by atoms with Crippen molar-refractivity contribution in [3.05, 3.63) is 52.0 Å². The molecule has 4 heterocycles. The van der Waals surface area contributed by atoms with Gasteiger partial charge in [0.15, 0.2) is 0 Å². The Morgan fingerprint density at radius 1 is 0.951 bits per heavy atom. The van der Waals surface area contributed by atoms with Crippen LogP contribution in [0.2, 0.25) is 0 Å². The number of carbonyl (C=O) groups is 1. The fourth-order valence-electron chi connectivity index (χ4n) is 5.22. The largest absolute Gasteiger partial charge is 0.444 e. The molecule has 0 atom stereocenters. The Balaban J connectivity index is 0.00000141. The number of amides is 1. The summed E-state index contributed by atoms with van der Waals surface area (Å²) in [7, 11) is 3.60. The number of aryl methyl sites for hydroxylation is 3. The molecule has 0 bridgehead atoms. The molecule has 1 saturated heterocycles. The monoisotopic (exact) mass is 581 g/mol. The van der Waals surface area contributed by atoms with Crippen LogP contribution in [0.5, 0.6) is 0 Å². The van der Waals surface area contributed by atoms with E-state index in [1.165, 1.54) is 28.0 Å². The molecular formula is C33H52N5O2P. The second kappa shape index (κ2) is 15.3. The lowest BCUT2D eigenvalue weighted by Crippen LogP contribution is -2.50. The van der Waals surface area contributed by atoms with Gasteiger partial charge in [0.1, 0.15) is 11.4 Å². The lowest BCUT2D eigenvalue weighted by molar-refractivity contribution is 0.0240. The summed E-state index contributed by atoms with van der Waals surface area (Å²) < 4.78 is 5.53. The first kappa shape index (κ1) is 34.3. The molecule has 8 heteroatoms. The maximum atomic E-state index is 12.4. The summed E-state index contributed by atoms with van der Waals surface area (Å²) in [6.45, 7) is 26.9. The van der Waals surface area contributed by atoms with Crippen LogP contribution in [0.1, 0.15) is 89.9 Å². The molecule has 41 heavy (non-hydrogen) atoms. The van der Waals surface area contributed by atoms with Gasteiger partial charge in [0, 0.05) is 68.1 Å². The van der Waals surface area contributed by atoms with Gasteiger partial charge < -0.3 is 19.4 Å². The highest BCUT2D eigenvalue weighted by Gasteiger charge is 2.27. The molecule has 7 nitrogen and oxygen atoms in total. The zero-order chi connectivity index (χ0) is 30.9. The van der Waals surface area contributed by atoms with Crippen molar-refractivity contribution < 1.29 is 9.53 Å². The molecule has 0 N–H and O–H groups in total. The van der Waals surface area contributed by atoms with Crippen LogP contribution in [-0.4, -0.2) is 71.6 Å². The second-order valence-electron chi connectivity index (χ2n) is 11.2. The smallest absolute Gasteiger partial charge is 0.410 e. The van der Waals surface area contributed by atoms with Gasteiger partial charge in [0.2, 0.25) is 0 Å². The third kappa shape index (κ3) is 8.78. The molecule has 1 fully saturated rings. The van der Waals surface area contributed by atoms with Crippen LogP contribution in [0.3, 0.4) is 0 Å². The summed E-state index contributed by atoms with van der Waals surface area (Å²) >= 11 is 0. The Labute approximate surface area is 251 Å². The van der Waals surface area contributed by atoms with E-state index < -0.39 is 5.60 Å². The number of rotatable bonds is 4.